The molecule has 2 N–H and O–H groups in total. The molecule has 0 aliphatic carbocycles. The van der Waals surface area contributed by atoms with Crippen LogP contribution in [0.2, 0.25) is 0 Å². The Balaban J connectivity index is 1.63. The molecule has 4 rings (SSSR count). The molecule has 37 heavy (non-hydrogen) atoms. The van der Waals surface area contributed by atoms with Crippen molar-refractivity contribution < 1.29 is 9.13 Å². The summed E-state index contributed by atoms with van der Waals surface area (Å²) in [6.45, 7) is 18.0. The van der Waals surface area contributed by atoms with Gasteiger partial charge in [0.1, 0.15) is 5.75 Å². The number of halogens is 1. The fraction of sp³-hybridized carbons (Fsp3) is 0.517. The third-order valence-corrected chi connectivity index (χ3v) is 8.30. The second kappa shape index (κ2) is 9.97. The summed E-state index contributed by atoms with van der Waals surface area (Å²) in [7, 11) is 2.15. The van der Waals surface area contributed by atoms with E-state index < -0.39 is 5.82 Å². The Kier molecular flexibility index (Phi) is 7.25. The minimum atomic E-state index is -0.460. The number of hydrogen-bond acceptors (Lipinski definition) is 6. The van der Waals surface area contributed by atoms with Crippen molar-refractivity contribution in [1.29, 1.82) is 0 Å². The first-order valence-corrected chi connectivity index (χ1v) is 13.0. The molecule has 1 fully saturated rings. The van der Waals surface area contributed by atoms with Crippen molar-refractivity contribution in [3.05, 3.63) is 53.7 Å². The molecule has 1 atom stereocenters. The SMILES string of the molecule is Cc1ccc(C)n1-c1cc(Nc2ncc(F)c(NC3CCN(C)C(C)(C)C3(C)C)n2)ccc1OC(C)C. The van der Waals surface area contributed by atoms with Gasteiger partial charge in [0.05, 0.1) is 18.0 Å². The van der Waals surface area contributed by atoms with E-state index in [1.807, 2.05) is 32.0 Å². The molecule has 1 saturated heterocycles. The Hall–Kier alpha value is -3.13. The van der Waals surface area contributed by atoms with Gasteiger partial charge in [-0.3, -0.25) is 0 Å². The van der Waals surface area contributed by atoms with Crippen LogP contribution in [0.3, 0.4) is 0 Å². The van der Waals surface area contributed by atoms with Gasteiger partial charge in [-0.25, -0.2) is 9.37 Å². The van der Waals surface area contributed by atoms with Crippen LogP contribution in [0.4, 0.5) is 21.8 Å². The van der Waals surface area contributed by atoms with Crippen LogP contribution in [-0.4, -0.2) is 50.7 Å². The molecule has 1 aromatic carbocycles. The maximum atomic E-state index is 14.9. The summed E-state index contributed by atoms with van der Waals surface area (Å²) in [4.78, 5) is 11.1. The molecule has 2 aromatic heterocycles. The van der Waals surface area contributed by atoms with Gasteiger partial charge in [-0.1, -0.05) is 13.8 Å². The van der Waals surface area contributed by atoms with Crippen molar-refractivity contribution in [3.63, 3.8) is 0 Å². The first kappa shape index (κ1) is 26.9. The standard InChI is InChI=1S/C29H41FN6O/c1-18(2)37-24-13-12-21(16-23(24)36-19(3)10-11-20(36)4)32-27-31-17-22(30)26(34-27)33-25-14-15-35(9)29(7,8)28(25,5)6/h10-13,16-18,25H,14-15H2,1-9H3,(H2,31,32,33,34). The summed E-state index contributed by atoms with van der Waals surface area (Å²) >= 11 is 0. The molecule has 3 heterocycles. The lowest BCUT2D eigenvalue weighted by Gasteiger charge is -2.56. The van der Waals surface area contributed by atoms with E-state index in [1.54, 1.807) is 0 Å². The van der Waals surface area contributed by atoms with Gasteiger partial charge >= 0.3 is 0 Å². The minimum absolute atomic E-state index is 0.0385. The Bertz CT molecular complexity index is 1250. The normalized spacial score (nSPS) is 19.2. The van der Waals surface area contributed by atoms with Crippen LogP contribution >= 0.6 is 0 Å². The number of piperidine rings is 1. The van der Waals surface area contributed by atoms with Gasteiger partial charge < -0.3 is 24.8 Å². The van der Waals surface area contributed by atoms with Gasteiger partial charge in [-0.2, -0.15) is 4.98 Å². The highest BCUT2D eigenvalue weighted by atomic mass is 19.1. The molecule has 0 saturated carbocycles. The third-order valence-electron chi connectivity index (χ3n) is 8.30. The van der Waals surface area contributed by atoms with Gasteiger partial charge in [-0.05, 0) is 85.3 Å². The fourth-order valence-electron chi connectivity index (χ4n) is 5.13. The number of nitrogens with zero attached hydrogens (tertiary/aromatic N) is 4. The number of likely N-dealkylation sites (tertiary alicyclic amines) is 1. The predicted octanol–water partition coefficient (Wildman–Crippen LogP) is 6.47. The molecule has 200 valence electrons. The zero-order chi connectivity index (χ0) is 27.1. The largest absolute Gasteiger partial charge is 0.489 e. The fourth-order valence-corrected chi connectivity index (χ4v) is 5.13. The van der Waals surface area contributed by atoms with Crippen LogP contribution in [0, 0.1) is 25.1 Å². The van der Waals surface area contributed by atoms with Crippen LogP contribution in [0.5, 0.6) is 5.75 Å². The molecule has 1 aliphatic heterocycles. The average molecular weight is 509 g/mol. The highest BCUT2D eigenvalue weighted by molar-refractivity contribution is 5.64. The van der Waals surface area contributed by atoms with Gasteiger partial charge in [0, 0.05) is 40.6 Å². The summed E-state index contributed by atoms with van der Waals surface area (Å²) in [5.41, 5.74) is 3.76. The average Bonchev–Trinajstić information content (AvgIpc) is 3.15. The Labute approximate surface area is 220 Å². The lowest BCUT2D eigenvalue weighted by atomic mass is 9.65. The number of aryl methyl sites for hydroxylation is 2. The maximum Gasteiger partial charge on any atom is 0.229 e. The number of ether oxygens (including phenoxy) is 1. The van der Waals surface area contributed by atoms with E-state index in [1.165, 1.54) is 6.20 Å². The lowest BCUT2D eigenvalue weighted by molar-refractivity contribution is -0.0218. The van der Waals surface area contributed by atoms with Crippen molar-refractivity contribution in [2.45, 2.75) is 79.5 Å². The molecule has 0 radical (unpaired) electrons. The lowest BCUT2D eigenvalue weighted by Crippen LogP contribution is -2.63. The summed E-state index contributed by atoms with van der Waals surface area (Å²) < 4.78 is 23.1. The van der Waals surface area contributed by atoms with Crippen molar-refractivity contribution in [3.8, 4) is 11.4 Å². The molecule has 0 bridgehead atoms. The van der Waals surface area contributed by atoms with E-state index in [9.17, 15) is 4.39 Å². The molecular weight excluding hydrogens is 467 g/mol. The minimum Gasteiger partial charge on any atom is -0.489 e. The summed E-state index contributed by atoms with van der Waals surface area (Å²) in [5.74, 6) is 0.877. The van der Waals surface area contributed by atoms with E-state index in [-0.39, 0.29) is 28.9 Å². The first-order valence-electron chi connectivity index (χ1n) is 13.0. The van der Waals surface area contributed by atoms with Crippen LogP contribution in [0.25, 0.3) is 5.69 Å². The molecular formula is C29H41FN6O. The van der Waals surface area contributed by atoms with E-state index in [0.29, 0.717) is 5.95 Å². The number of nitrogens with one attached hydrogen (secondary N) is 2. The Morgan fingerprint density at radius 2 is 1.76 bits per heavy atom. The number of anilines is 3. The molecule has 7 nitrogen and oxygen atoms in total. The molecule has 0 spiro atoms. The highest BCUT2D eigenvalue weighted by Crippen LogP contribution is 2.44. The van der Waals surface area contributed by atoms with Crippen molar-refractivity contribution in [1.82, 2.24) is 19.4 Å². The van der Waals surface area contributed by atoms with E-state index in [4.69, 9.17) is 4.74 Å². The topological polar surface area (TPSA) is 67.2 Å². The van der Waals surface area contributed by atoms with Crippen LogP contribution in [0.15, 0.2) is 36.5 Å². The van der Waals surface area contributed by atoms with Gasteiger partial charge in [0.25, 0.3) is 0 Å². The highest BCUT2D eigenvalue weighted by Gasteiger charge is 2.49. The third kappa shape index (κ3) is 5.17. The zero-order valence-electron chi connectivity index (χ0n) is 23.6. The van der Waals surface area contributed by atoms with Crippen molar-refractivity contribution in [2.24, 2.45) is 5.41 Å². The molecule has 1 aliphatic rings. The molecule has 8 heteroatoms. The predicted molar refractivity (Wildman–Crippen MR) is 149 cm³/mol. The van der Waals surface area contributed by atoms with Crippen LogP contribution in [-0.2, 0) is 0 Å². The second-order valence-corrected chi connectivity index (χ2v) is 11.5. The molecule has 0 amide bonds. The number of rotatable bonds is 7. The van der Waals surface area contributed by atoms with E-state index in [0.717, 1.165) is 41.5 Å². The maximum absolute atomic E-state index is 14.9. The Morgan fingerprint density at radius 3 is 2.41 bits per heavy atom. The second-order valence-electron chi connectivity index (χ2n) is 11.5. The van der Waals surface area contributed by atoms with Gasteiger partial charge in [0.2, 0.25) is 5.95 Å². The quantitative estimate of drug-likeness (QED) is 0.381. The van der Waals surface area contributed by atoms with E-state index in [2.05, 4.69) is 90.8 Å². The Morgan fingerprint density at radius 1 is 1.08 bits per heavy atom. The molecule has 1 unspecified atom stereocenters. The molecule has 3 aromatic rings. The summed E-state index contributed by atoms with van der Waals surface area (Å²) in [6, 6.07) is 10.1. The number of hydrogen-bond donors (Lipinski definition) is 2. The number of benzene rings is 1. The van der Waals surface area contributed by atoms with Gasteiger partial charge in [-0.15, -0.1) is 0 Å². The van der Waals surface area contributed by atoms with Crippen molar-refractivity contribution >= 4 is 17.5 Å². The van der Waals surface area contributed by atoms with Crippen LogP contribution < -0.4 is 15.4 Å². The zero-order valence-corrected chi connectivity index (χ0v) is 23.6. The smallest absolute Gasteiger partial charge is 0.229 e. The number of aromatic nitrogens is 3. The monoisotopic (exact) mass is 508 g/mol. The van der Waals surface area contributed by atoms with E-state index >= 15 is 0 Å². The summed E-state index contributed by atoms with van der Waals surface area (Å²) in [5, 5.41) is 6.67. The summed E-state index contributed by atoms with van der Waals surface area (Å²) in [6.07, 6.45) is 2.16. The van der Waals surface area contributed by atoms with Crippen molar-refractivity contribution in [2.75, 3.05) is 24.2 Å². The first-order chi connectivity index (χ1) is 17.3. The van der Waals surface area contributed by atoms with Gasteiger partial charge in [0.15, 0.2) is 11.6 Å². The van der Waals surface area contributed by atoms with Crippen LogP contribution in [0.1, 0.15) is 59.4 Å².